The average molecular weight is 309 g/mol. The zero-order valence-corrected chi connectivity index (χ0v) is 13.3. The quantitative estimate of drug-likeness (QED) is 0.923. The fraction of sp³-hybridized carbons (Fsp3) is 0.368. The van der Waals surface area contributed by atoms with E-state index in [4.69, 9.17) is 0 Å². The second-order valence-corrected chi connectivity index (χ2v) is 6.10. The van der Waals surface area contributed by atoms with Gasteiger partial charge in [-0.1, -0.05) is 30.3 Å². The molecule has 1 amide bonds. The largest absolute Gasteiger partial charge is 0.371 e. The molecule has 0 atom stereocenters. The molecule has 4 heteroatoms. The molecule has 0 aliphatic carbocycles. The maximum Gasteiger partial charge on any atom is 0.224 e. The van der Waals surface area contributed by atoms with E-state index in [-0.39, 0.29) is 5.91 Å². The van der Waals surface area contributed by atoms with Crippen LogP contribution >= 0.6 is 0 Å². The summed E-state index contributed by atoms with van der Waals surface area (Å²) in [5.74, 6) is 0.695. The lowest BCUT2D eigenvalue weighted by atomic mass is 9.96. The van der Waals surface area contributed by atoms with Crippen molar-refractivity contribution in [2.75, 3.05) is 24.5 Å². The van der Waals surface area contributed by atoms with E-state index < -0.39 is 0 Å². The molecule has 0 radical (unpaired) electrons. The summed E-state index contributed by atoms with van der Waals surface area (Å²) in [6, 6.07) is 14.0. The van der Waals surface area contributed by atoms with E-state index in [0.717, 1.165) is 38.0 Å². The predicted octanol–water partition coefficient (Wildman–Crippen LogP) is 2.66. The van der Waals surface area contributed by atoms with Gasteiger partial charge in [0.1, 0.15) is 0 Å². The molecule has 1 N–H and O–H groups in total. The van der Waals surface area contributed by atoms with E-state index in [2.05, 4.69) is 27.3 Å². The monoisotopic (exact) mass is 309 g/mol. The fourth-order valence-electron chi connectivity index (χ4n) is 3.05. The van der Waals surface area contributed by atoms with Gasteiger partial charge < -0.3 is 10.2 Å². The number of nitrogens with zero attached hydrogens (tertiary/aromatic N) is 2. The van der Waals surface area contributed by atoms with E-state index in [1.807, 2.05) is 42.7 Å². The summed E-state index contributed by atoms with van der Waals surface area (Å²) in [5.41, 5.74) is 2.31. The zero-order valence-electron chi connectivity index (χ0n) is 13.3. The van der Waals surface area contributed by atoms with Gasteiger partial charge in [0.15, 0.2) is 0 Å². The lowest BCUT2D eigenvalue weighted by Crippen LogP contribution is -2.39. The van der Waals surface area contributed by atoms with Crippen LogP contribution in [0.15, 0.2) is 54.9 Å². The zero-order chi connectivity index (χ0) is 15.9. The number of piperidine rings is 1. The van der Waals surface area contributed by atoms with Gasteiger partial charge in [-0.05, 0) is 36.5 Å². The summed E-state index contributed by atoms with van der Waals surface area (Å²) in [4.78, 5) is 18.5. The van der Waals surface area contributed by atoms with Gasteiger partial charge in [-0.15, -0.1) is 0 Å². The van der Waals surface area contributed by atoms with Gasteiger partial charge in [0.05, 0.1) is 6.42 Å². The van der Waals surface area contributed by atoms with Gasteiger partial charge in [-0.25, -0.2) is 0 Å². The number of aromatic nitrogens is 1. The third kappa shape index (κ3) is 4.55. The molecule has 3 rings (SSSR count). The lowest BCUT2D eigenvalue weighted by Gasteiger charge is -2.33. The molecule has 1 aliphatic rings. The highest BCUT2D eigenvalue weighted by Gasteiger charge is 2.19. The SMILES string of the molecule is O=C(Cc1ccccc1)NCC1CCN(c2ccncc2)CC1. The van der Waals surface area contributed by atoms with Crippen LogP contribution in [0.25, 0.3) is 0 Å². The molecule has 1 aliphatic heterocycles. The molecular weight excluding hydrogens is 286 g/mol. The summed E-state index contributed by atoms with van der Waals surface area (Å²) in [6.45, 7) is 2.88. The van der Waals surface area contributed by atoms with Gasteiger partial charge in [0.25, 0.3) is 0 Å². The van der Waals surface area contributed by atoms with Crippen molar-refractivity contribution >= 4 is 11.6 Å². The van der Waals surface area contributed by atoms with Crippen LogP contribution in [0.3, 0.4) is 0 Å². The van der Waals surface area contributed by atoms with Crippen molar-refractivity contribution < 1.29 is 4.79 Å². The molecule has 1 fully saturated rings. The van der Waals surface area contributed by atoms with Crippen molar-refractivity contribution in [3.63, 3.8) is 0 Å². The number of hydrogen-bond donors (Lipinski definition) is 1. The molecular formula is C19H23N3O. The van der Waals surface area contributed by atoms with E-state index in [1.165, 1.54) is 5.69 Å². The normalized spacial score (nSPS) is 15.4. The lowest BCUT2D eigenvalue weighted by molar-refractivity contribution is -0.120. The Labute approximate surface area is 137 Å². The first-order chi connectivity index (χ1) is 11.3. The Balaban J connectivity index is 1.40. The van der Waals surface area contributed by atoms with E-state index in [1.54, 1.807) is 0 Å². The first-order valence-corrected chi connectivity index (χ1v) is 8.27. The second-order valence-electron chi connectivity index (χ2n) is 6.10. The smallest absolute Gasteiger partial charge is 0.224 e. The molecule has 1 aromatic carbocycles. The summed E-state index contributed by atoms with van der Waals surface area (Å²) in [5, 5.41) is 3.09. The Kier molecular flexibility index (Phi) is 5.25. The van der Waals surface area contributed by atoms with Gasteiger partial charge in [-0.2, -0.15) is 0 Å². The maximum absolute atomic E-state index is 12.0. The van der Waals surface area contributed by atoms with Crippen LogP contribution in [-0.2, 0) is 11.2 Å². The third-order valence-electron chi connectivity index (χ3n) is 4.44. The standard InChI is InChI=1S/C19H23N3O/c23-19(14-16-4-2-1-3-5-16)21-15-17-8-12-22(13-9-17)18-6-10-20-11-7-18/h1-7,10-11,17H,8-9,12-15H2,(H,21,23). The Morgan fingerprint density at radius 3 is 2.48 bits per heavy atom. The number of amides is 1. The number of carbonyl (C=O) groups excluding carboxylic acids is 1. The number of carbonyl (C=O) groups is 1. The first kappa shape index (κ1) is 15.5. The van der Waals surface area contributed by atoms with Crippen molar-refractivity contribution in [3.8, 4) is 0 Å². The van der Waals surface area contributed by atoms with Crippen LogP contribution < -0.4 is 10.2 Å². The molecule has 4 nitrogen and oxygen atoms in total. The van der Waals surface area contributed by atoms with Crippen molar-refractivity contribution in [1.29, 1.82) is 0 Å². The summed E-state index contributed by atoms with van der Waals surface area (Å²) in [7, 11) is 0. The Bertz CT molecular complexity index is 607. The first-order valence-electron chi connectivity index (χ1n) is 8.27. The minimum Gasteiger partial charge on any atom is -0.371 e. The predicted molar refractivity (Wildman–Crippen MR) is 92.3 cm³/mol. The molecule has 23 heavy (non-hydrogen) atoms. The summed E-state index contributed by atoms with van der Waals surface area (Å²) < 4.78 is 0. The molecule has 2 aromatic rings. The second kappa shape index (κ2) is 7.77. The van der Waals surface area contributed by atoms with Crippen LogP contribution in [0.4, 0.5) is 5.69 Å². The highest BCUT2D eigenvalue weighted by molar-refractivity contribution is 5.78. The van der Waals surface area contributed by atoms with E-state index in [9.17, 15) is 4.79 Å². The highest BCUT2D eigenvalue weighted by atomic mass is 16.1. The van der Waals surface area contributed by atoms with Gasteiger partial charge >= 0.3 is 0 Å². The topological polar surface area (TPSA) is 45.2 Å². The van der Waals surface area contributed by atoms with Crippen molar-refractivity contribution in [3.05, 3.63) is 60.4 Å². The van der Waals surface area contributed by atoms with Gasteiger partial charge in [-0.3, -0.25) is 9.78 Å². The van der Waals surface area contributed by atoms with Gasteiger partial charge in [0, 0.05) is 37.7 Å². The minimum absolute atomic E-state index is 0.118. The van der Waals surface area contributed by atoms with Crippen molar-refractivity contribution in [2.24, 2.45) is 5.92 Å². The summed E-state index contributed by atoms with van der Waals surface area (Å²) >= 11 is 0. The molecule has 2 heterocycles. The van der Waals surface area contributed by atoms with Crippen LogP contribution in [0, 0.1) is 5.92 Å². The number of nitrogens with one attached hydrogen (secondary N) is 1. The number of benzene rings is 1. The fourth-order valence-corrected chi connectivity index (χ4v) is 3.05. The average Bonchev–Trinajstić information content (AvgIpc) is 2.62. The molecule has 1 saturated heterocycles. The third-order valence-corrected chi connectivity index (χ3v) is 4.44. The van der Waals surface area contributed by atoms with E-state index >= 15 is 0 Å². The van der Waals surface area contributed by atoms with Gasteiger partial charge in [0.2, 0.25) is 5.91 Å². The van der Waals surface area contributed by atoms with Crippen LogP contribution in [-0.4, -0.2) is 30.5 Å². The Morgan fingerprint density at radius 2 is 1.78 bits per heavy atom. The molecule has 120 valence electrons. The minimum atomic E-state index is 0.118. The molecule has 1 aromatic heterocycles. The highest BCUT2D eigenvalue weighted by Crippen LogP contribution is 2.22. The molecule has 0 bridgehead atoms. The van der Waals surface area contributed by atoms with E-state index in [0.29, 0.717) is 12.3 Å². The number of anilines is 1. The Hall–Kier alpha value is -2.36. The number of rotatable bonds is 5. The van der Waals surface area contributed by atoms with Crippen LogP contribution in [0.1, 0.15) is 18.4 Å². The summed E-state index contributed by atoms with van der Waals surface area (Å²) in [6.07, 6.45) is 6.38. The van der Waals surface area contributed by atoms with Crippen LogP contribution in [0.5, 0.6) is 0 Å². The van der Waals surface area contributed by atoms with Crippen molar-refractivity contribution in [2.45, 2.75) is 19.3 Å². The number of pyridine rings is 1. The van der Waals surface area contributed by atoms with Crippen LogP contribution in [0.2, 0.25) is 0 Å². The molecule has 0 unspecified atom stereocenters. The maximum atomic E-state index is 12.0. The Morgan fingerprint density at radius 1 is 1.09 bits per heavy atom. The van der Waals surface area contributed by atoms with Crippen molar-refractivity contribution in [1.82, 2.24) is 10.3 Å². The number of hydrogen-bond acceptors (Lipinski definition) is 3. The molecule has 0 spiro atoms. The molecule has 0 saturated carbocycles.